The zero-order valence-electron chi connectivity index (χ0n) is 11.7. The van der Waals surface area contributed by atoms with E-state index in [2.05, 4.69) is 0 Å². The first-order chi connectivity index (χ1) is 9.66. The summed E-state index contributed by atoms with van der Waals surface area (Å²) < 4.78 is 10.5. The van der Waals surface area contributed by atoms with Crippen LogP contribution in [0.2, 0.25) is 0 Å². The fourth-order valence-electron chi connectivity index (χ4n) is 1.90. The molecule has 0 saturated heterocycles. The van der Waals surface area contributed by atoms with Gasteiger partial charge in [-0.15, -0.1) is 0 Å². The number of hydrogen-bond donors (Lipinski definition) is 0. The van der Waals surface area contributed by atoms with Crippen LogP contribution in [0, 0.1) is 0 Å². The summed E-state index contributed by atoms with van der Waals surface area (Å²) in [5.41, 5.74) is 1.88. The second kappa shape index (κ2) is 6.75. The van der Waals surface area contributed by atoms with Gasteiger partial charge in [-0.3, -0.25) is 0 Å². The minimum atomic E-state index is -0.655. The van der Waals surface area contributed by atoms with E-state index in [9.17, 15) is 4.79 Å². The molecule has 0 aliphatic rings. The minimum Gasteiger partial charge on any atom is -0.426 e. The van der Waals surface area contributed by atoms with E-state index in [1.807, 2.05) is 74.5 Å². The fraction of sp³-hybridized carbons (Fsp3) is 0.235. The van der Waals surface area contributed by atoms with E-state index in [0.717, 1.165) is 11.1 Å². The van der Waals surface area contributed by atoms with Gasteiger partial charge in [-0.2, -0.15) is 0 Å². The second-order valence-electron chi connectivity index (χ2n) is 4.59. The van der Waals surface area contributed by atoms with Gasteiger partial charge in [0.25, 0.3) is 0 Å². The third-order valence-electron chi connectivity index (χ3n) is 3.08. The molecule has 0 fully saturated rings. The molecule has 2 aromatic carbocycles. The molecule has 0 aromatic heterocycles. The molecule has 0 radical (unpaired) electrons. The van der Waals surface area contributed by atoms with Gasteiger partial charge in [0.1, 0.15) is 12.2 Å². The molecule has 2 aromatic rings. The van der Waals surface area contributed by atoms with Crippen LogP contribution in [-0.4, -0.2) is 6.16 Å². The van der Waals surface area contributed by atoms with Gasteiger partial charge >= 0.3 is 6.16 Å². The lowest BCUT2D eigenvalue weighted by molar-refractivity contribution is 0.00626. The Morgan fingerprint density at radius 1 is 0.750 bits per heavy atom. The number of carbonyl (C=O) groups is 1. The van der Waals surface area contributed by atoms with Crippen LogP contribution >= 0.6 is 0 Å². The molecule has 0 bridgehead atoms. The Kier molecular flexibility index (Phi) is 4.77. The third kappa shape index (κ3) is 3.85. The lowest BCUT2D eigenvalue weighted by Crippen LogP contribution is -2.13. The molecule has 0 saturated carbocycles. The molecule has 0 N–H and O–H groups in total. The van der Waals surface area contributed by atoms with Crippen molar-refractivity contribution < 1.29 is 14.3 Å². The van der Waals surface area contributed by atoms with Crippen molar-refractivity contribution in [1.29, 1.82) is 0 Å². The molecule has 0 aliphatic carbocycles. The highest BCUT2D eigenvalue weighted by molar-refractivity contribution is 5.60. The lowest BCUT2D eigenvalue weighted by atomic mass is 10.1. The number of rotatable bonds is 4. The number of ether oxygens (including phenoxy) is 2. The standard InChI is InChI=1S/C17H18O3/c1-13(15-9-5-3-6-10-15)19-17(18)20-14(2)16-11-7-4-8-12-16/h3-14H,1-2H3/t13-,14-/m0/s1. The predicted molar refractivity (Wildman–Crippen MR) is 77.3 cm³/mol. The van der Waals surface area contributed by atoms with Crippen LogP contribution in [0.3, 0.4) is 0 Å². The summed E-state index contributed by atoms with van der Waals surface area (Å²) >= 11 is 0. The Balaban J connectivity index is 1.90. The summed E-state index contributed by atoms with van der Waals surface area (Å²) in [5, 5.41) is 0. The smallest absolute Gasteiger partial charge is 0.426 e. The quantitative estimate of drug-likeness (QED) is 0.758. The number of benzene rings is 2. The Hall–Kier alpha value is -2.29. The fourth-order valence-corrected chi connectivity index (χ4v) is 1.90. The Bertz CT molecular complexity index is 487. The Morgan fingerprint density at radius 3 is 1.45 bits per heavy atom. The van der Waals surface area contributed by atoms with Crippen molar-refractivity contribution in [3.63, 3.8) is 0 Å². The second-order valence-corrected chi connectivity index (χ2v) is 4.59. The van der Waals surface area contributed by atoms with Crippen molar-refractivity contribution in [1.82, 2.24) is 0 Å². The van der Waals surface area contributed by atoms with Gasteiger partial charge in [-0.05, 0) is 25.0 Å². The normalized spacial score (nSPS) is 13.3. The molecule has 20 heavy (non-hydrogen) atoms. The third-order valence-corrected chi connectivity index (χ3v) is 3.08. The summed E-state index contributed by atoms with van der Waals surface area (Å²) in [5.74, 6) is 0. The van der Waals surface area contributed by atoms with Crippen LogP contribution in [-0.2, 0) is 9.47 Å². The first-order valence-corrected chi connectivity index (χ1v) is 6.64. The highest BCUT2D eigenvalue weighted by Crippen LogP contribution is 2.20. The molecule has 3 heteroatoms. The Labute approximate surface area is 119 Å². The van der Waals surface area contributed by atoms with E-state index in [4.69, 9.17) is 9.47 Å². The van der Waals surface area contributed by atoms with E-state index >= 15 is 0 Å². The van der Waals surface area contributed by atoms with E-state index in [-0.39, 0.29) is 12.2 Å². The summed E-state index contributed by atoms with van der Waals surface area (Å²) in [6, 6.07) is 19.1. The highest BCUT2D eigenvalue weighted by Gasteiger charge is 2.16. The topological polar surface area (TPSA) is 35.5 Å². The van der Waals surface area contributed by atoms with Gasteiger partial charge in [0, 0.05) is 0 Å². The van der Waals surface area contributed by atoms with Gasteiger partial charge in [0.2, 0.25) is 0 Å². The van der Waals surface area contributed by atoms with E-state index in [1.54, 1.807) is 0 Å². The van der Waals surface area contributed by atoms with Crippen molar-refractivity contribution in [2.75, 3.05) is 0 Å². The SMILES string of the molecule is C[C@H](OC(=O)O[C@@H](C)c1ccccc1)c1ccccc1. The average Bonchev–Trinajstić information content (AvgIpc) is 2.49. The van der Waals surface area contributed by atoms with Crippen molar-refractivity contribution in [2.24, 2.45) is 0 Å². The summed E-state index contributed by atoms with van der Waals surface area (Å²) in [6.07, 6.45) is -1.31. The number of carbonyl (C=O) groups excluding carboxylic acids is 1. The van der Waals surface area contributed by atoms with Gasteiger partial charge in [-0.1, -0.05) is 60.7 Å². The van der Waals surface area contributed by atoms with Crippen LogP contribution in [0.5, 0.6) is 0 Å². The van der Waals surface area contributed by atoms with Gasteiger partial charge in [-0.25, -0.2) is 4.79 Å². The number of hydrogen-bond acceptors (Lipinski definition) is 3. The molecule has 2 rings (SSSR count). The molecule has 0 spiro atoms. The Morgan fingerprint density at radius 2 is 1.10 bits per heavy atom. The zero-order valence-corrected chi connectivity index (χ0v) is 11.7. The molecule has 0 heterocycles. The lowest BCUT2D eigenvalue weighted by Gasteiger charge is -2.17. The van der Waals surface area contributed by atoms with Crippen LogP contribution in [0.4, 0.5) is 4.79 Å². The molecule has 0 unspecified atom stereocenters. The highest BCUT2D eigenvalue weighted by atomic mass is 16.7. The molecule has 104 valence electrons. The first kappa shape index (κ1) is 14.1. The summed E-state index contributed by atoms with van der Waals surface area (Å²) in [4.78, 5) is 11.8. The van der Waals surface area contributed by atoms with Gasteiger partial charge in [0.15, 0.2) is 0 Å². The first-order valence-electron chi connectivity index (χ1n) is 6.64. The van der Waals surface area contributed by atoms with Gasteiger partial charge < -0.3 is 9.47 Å². The maximum absolute atomic E-state index is 11.8. The molecule has 3 nitrogen and oxygen atoms in total. The molecular formula is C17H18O3. The molecule has 0 amide bonds. The minimum absolute atomic E-state index is 0.327. The molecular weight excluding hydrogens is 252 g/mol. The van der Waals surface area contributed by atoms with Crippen LogP contribution in [0.15, 0.2) is 60.7 Å². The molecule has 2 atom stereocenters. The van der Waals surface area contributed by atoms with Crippen molar-refractivity contribution in [3.8, 4) is 0 Å². The zero-order chi connectivity index (χ0) is 14.4. The summed E-state index contributed by atoms with van der Waals surface area (Å²) in [7, 11) is 0. The van der Waals surface area contributed by atoms with Crippen molar-refractivity contribution in [3.05, 3.63) is 71.8 Å². The maximum Gasteiger partial charge on any atom is 0.509 e. The van der Waals surface area contributed by atoms with Crippen LogP contribution < -0.4 is 0 Å². The van der Waals surface area contributed by atoms with Crippen molar-refractivity contribution in [2.45, 2.75) is 26.1 Å². The van der Waals surface area contributed by atoms with E-state index in [1.165, 1.54) is 0 Å². The van der Waals surface area contributed by atoms with Crippen molar-refractivity contribution >= 4 is 6.16 Å². The van der Waals surface area contributed by atoms with E-state index < -0.39 is 6.16 Å². The largest absolute Gasteiger partial charge is 0.509 e. The van der Waals surface area contributed by atoms with E-state index in [0.29, 0.717) is 0 Å². The predicted octanol–water partition coefficient (Wildman–Crippen LogP) is 4.66. The molecule has 0 aliphatic heterocycles. The summed E-state index contributed by atoms with van der Waals surface area (Å²) in [6.45, 7) is 3.65. The monoisotopic (exact) mass is 270 g/mol. The van der Waals surface area contributed by atoms with Crippen LogP contribution in [0.1, 0.15) is 37.2 Å². The van der Waals surface area contributed by atoms with Gasteiger partial charge in [0.05, 0.1) is 0 Å². The maximum atomic E-state index is 11.8. The average molecular weight is 270 g/mol. The van der Waals surface area contributed by atoms with Crippen LogP contribution in [0.25, 0.3) is 0 Å².